The Morgan fingerprint density at radius 2 is 1.95 bits per heavy atom. The van der Waals surface area contributed by atoms with Crippen LogP contribution in [0.25, 0.3) is 0 Å². The molecule has 3 N–H and O–H groups in total. The fraction of sp³-hybridized carbons (Fsp3) is 0.938. The number of aliphatic hydroxyl groups excluding tert-OH is 1. The SMILES string of the molecule is CC(C)C(CCO)NC(=O)NCCN1CCC(N(C)C)CC1. The number of hydrogen-bond donors (Lipinski definition) is 3. The Bertz CT molecular complexity index is 315. The number of likely N-dealkylation sites (tertiary alicyclic amines) is 1. The minimum absolute atomic E-state index is 0.0286. The van der Waals surface area contributed by atoms with Gasteiger partial charge in [-0.25, -0.2) is 4.79 Å². The van der Waals surface area contributed by atoms with Crippen LogP contribution in [0.4, 0.5) is 4.79 Å². The van der Waals surface area contributed by atoms with Crippen LogP contribution in [0.5, 0.6) is 0 Å². The predicted molar refractivity (Wildman–Crippen MR) is 90.0 cm³/mol. The Kier molecular flexibility index (Phi) is 8.75. The molecule has 1 atom stereocenters. The summed E-state index contributed by atoms with van der Waals surface area (Å²) in [6.45, 7) is 7.98. The summed E-state index contributed by atoms with van der Waals surface area (Å²) in [4.78, 5) is 16.6. The first-order valence-corrected chi connectivity index (χ1v) is 8.48. The van der Waals surface area contributed by atoms with Crippen molar-refractivity contribution in [1.82, 2.24) is 20.4 Å². The Labute approximate surface area is 135 Å². The number of aliphatic hydroxyl groups is 1. The monoisotopic (exact) mass is 314 g/mol. The van der Waals surface area contributed by atoms with Crippen LogP contribution in [0.2, 0.25) is 0 Å². The second-order valence-electron chi connectivity index (χ2n) is 6.80. The zero-order valence-corrected chi connectivity index (χ0v) is 14.6. The molecule has 1 aliphatic heterocycles. The molecule has 1 saturated heterocycles. The lowest BCUT2D eigenvalue weighted by molar-refractivity contribution is 0.145. The number of piperidine rings is 1. The molecule has 0 aliphatic carbocycles. The summed E-state index contributed by atoms with van der Waals surface area (Å²) in [6, 6.07) is 0.592. The highest BCUT2D eigenvalue weighted by molar-refractivity contribution is 5.74. The van der Waals surface area contributed by atoms with Crippen molar-refractivity contribution in [3.63, 3.8) is 0 Å². The molecule has 1 heterocycles. The molecular formula is C16H34N4O2. The second kappa shape index (κ2) is 10.0. The molecule has 0 aromatic rings. The lowest BCUT2D eigenvalue weighted by Gasteiger charge is -2.35. The van der Waals surface area contributed by atoms with Crippen LogP contribution in [-0.4, -0.2) is 79.9 Å². The molecule has 1 aliphatic rings. The first-order chi connectivity index (χ1) is 10.4. The van der Waals surface area contributed by atoms with Crippen LogP contribution in [0.3, 0.4) is 0 Å². The highest BCUT2D eigenvalue weighted by Crippen LogP contribution is 2.13. The van der Waals surface area contributed by atoms with E-state index in [1.807, 2.05) is 0 Å². The van der Waals surface area contributed by atoms with Crippen LogP contribution < -0.4 is 10.6 Å². The molecule has 1 fully saturated rings. The first kappa shape index (κ1) is 19.2. The zero-order chi connectivity index (χ0) is 16.5. The molecular weight excluding hydrogens is 280 g/mol. The van der Waals surface area contributed by atoms with E-state index >= 15 is 0 Å². The summed E-state index contributed by atoms with van der Waals surface area (Å²) in [6.07, 6.45) is 3.00. The van der Waals surface area contributed by atoms with Gasteiger partial charge in [-0.3, -0.25) is 0 Å². The number of amides is 2. The normalized spacial score (nSPS) is 18.7. The topological polar surface area (TPSA) is 67.8 Å². The van der Waals surface area contributed by atoms with Gasteiger partial charge in [-0.15, -0.1) is 0 Å². The van der Waals surface area contributed by atoms with Gasteiger partial charge >= 0.3 is 6.03 Å². The van der Waals surface area contributed by atoms with Crippen molar-refractivity contribution in [1.29, 1.82) is 0 Å². The Morgan fingerprint density at radius 3 is 2.45 bits per heavy atom. The van der Waals surface area contributed by atoms with Gasteiger partial charge in [0.25, 0.3) is 0 Å². The third-order valence-electron chi connectivity index (χ3n) is 4.56. The minimum Gasteiger partial charge on any atom is -0.396 e. The lowest BCUT2D eigenvalue weighted by Crippen LogP contribution is -2.48. The highest BCUT2D eigenvalue weighted by atomic mass is 16.3. The van der Waals surface area contributed by atoms with Crippen LogP contribution in [-0.2, 0) is 0 Å². The number of carbonyl (C=O) groups is 1. The van der Waals surface area contributed by atoms with E-state index in [0.29, 0.717) is 24.9 Å². The molecule has 0 aromatic heterocycles. The lowest BCUT2D eigenvalue weighted by atomic mass is 10.0. The average molecular weight is 314 g/mol. The standard InChI is InChI=1S/C16H34N4O2/c1-13(2)15(7-12-21)18-16(22)17-8-11-20-9-5-14(6-10-20)19(3)4/h13-15,21H,5-12H2,1-4H3,(H2,17,18,22). The number of carbonyl (C=O) groups excluding carboxylic acids is 1. The molecule has 22 heavy (non-hydrogen) atoms. The third-order valence-corrected chi connectivity index (χ3v) is 4.56. The molecule has 1 rings (SSSR count). The van der Waals surface area contributed by atoms with Gasteiger partial charge < -0.3 is 25.5 Å². The van der Waals surface area contributed by atoms with Gasteiger partial charge in [-0.1, -0.05) is 13.8 Å². The van der Waals surface area contributed by atoms with Gasteiger partial charge in [0.05, 0.1) is 0 Å². The number of hydrogen-bond acceptors (Lipinski definition) is 4. The van der Waals surface area contributed by atoms with Crippen molar-refractivity contribution in [3.8, 4) is 0 Å². The average Bonchev–Trinajstić information content (AvgIpc) is 2.47. The fourth-order valence-corrected chi connectivity index (χ4v) is 2.92. The highest BCUT2D eigenvalue weighted by Gasteiger charge is 2.20. The van der Waals surface area contributed by atoms with Gasteiger partial charge in [-0.2, -0.15) is 0 Å². The Hall–Kier alpha value is -0.850. The van der Waals surface area contributed by atoms with E-state index in [1.165, 1.54) is 12.8 Å². The van der Waals surface area contributed by atoms with E-state index in [2.05, 4.69) is 48.4 Å². The van der Waals surface area contributed by atoms with E-state index in [0.717, 1.165) is 19.6 Å². The van der Waals surface area contributed by atoms with Gasteiger partial charge in [0.2, 0.25) is 0 Å². The van der Waals surface area contributed by atoms with Crippen molar-refractivity contribution in [3.05, 3.63) is 0 Å². The van der Waals surface area contributed by atoms with Crippen molar-refractivity contribution in [2.24, 2.45) is 5.92 Å². The predicted octanol–water partition coefficient (Wildman–Crippen LogP) is 0.719. The number of nitrogens with zero attached hydrogens (tertiary/aromatic N) is 2. The first-order valence-electron chi connectivity index (χ1n) is 8.48. The smallest absolute Gasteiger partial charge is 0.315 e. The molecule has 0 radical (unpaired) electrons. The maximum atomic E-state index is 11.9. The van der Waals surface area contributed by atoms with E-state index in [-0.39, 0.29) is 18.7 Å². The molecule has 1 unspecified atom stereocenters. The molecule has 0 spiro atoms. The maximum absolute atomic E-state index is 11.9. The molecule has 0 bridgehead atoms. The summed E-state index contributed by atoms with van der Waals surface area (Å²) < 4.78 is 0. The Morgan fingerprint density at radius 1 is 1.32 bits per heavy atom. The number of urea groups is 1. The second-order valence-corrected chi connectivity index (χ2v) is 6.80. The fourth-order valence-electron chi connectivity index (χ4n) is 2.92. The summed E-state index contributed by atoms with van der Waals surface area (Å²) in [5.41, 5.74) is 0. The Balaban J connectivity index is 2.17. The van der Waals surface area contributed by atoms with Crippen LogP contribution in [0, 0.1) is 5.92 Å². The third kappa shape index (κ3) is 6.94. The van der Waals surface area contributed by atoms with Crippen LogP contribution in [0.1, 0.15) is 33.1 Å². The quantitative estimate of drug-likeness (QED) is 0.617. The van der Waals surface area contributed by atoms with E-state index in [1.54, 1.807) is 0 Å². The summed E-state index contributed by atoms with van der Waals surface area (Å²) >= 11 is 0. The number of rotatable bonds is 8. The largest absolute Gasteiger partial charge is 0.396 e. The molecule has 6 heteroatoms. The van der Waals surface area contributed by atoms with Gasteiger partial charge in [0.1, 0.15) is 0 Å². The van der Waals surface area contributed by atoms with E-state index < -0.39 is 0 Å². The van der Waals surface area contributed by atoms with Gasteiger partial charge in [-0.05, 0) is 52.4 Å². The van der Waals surface area contributed by atoms with Crippen molar-refractivity contribution >= 4 is 6.03 Å². The zero-order valence-electron chi connectivity index (χ0n) is 14.6. The van der Waals surface area contributed by atoms with Crippen molar-refractivity contribution < 1.29 is 9.90 Å². The van der Waals surface area contributed by atoms with Crippen molar-refractivity contribution in [2.75, 3.05) is 46.9 Å². The summed E-state index contributed by atoms with van der Waals surface area (Å²) in [5, 5.41) is 14.9. The molecule has 6 nitrogen and oxygen atoms in total. The molecule has 0 aromatic carbocycles. The summed E-state index contributed by atoms with van der Waals surface area (Å²) in [5.74, 6) is 0.322. The van der Waals surface area contributed by atoms with Crippen LogP contribution >= 0.6 is 0 Å². The van der Waals surface area contributed by atoms with E-state index in [9.17, 15) is 4.79 Å². The van der Waals surface area contributed by atoms with Crippen LogP contribution in [0.15, 0.2) is 0 Å². The molecule has 0 saturated carbocycles. The van der Waals surface area contributed by atoms with Crippen molar-refractivity contribution in [2.45, 2.75) is 45.2 Å². The van der Waals surface area contributed by atoms with E-state index in [4.69, 9.17) is 5.11 Å². The number of nitrogens with one attached hydrogen (secondary N) is 2. The minimum atomic E-state index is -0.129. The molecule has 130 valence electrons. The molecule has 2 amide bonds. The maximum Gasteiger partial charge on any atom is 0.315 e. The van der Waals surface area contributed by atoms with Gasteiger partial charge in [0.15, 0.2) is 0 Å². The summed E-state index contributed by atoms with van der Waals surface area (Å²) in [7, 11) is 4.29. The van der Waals surface area contributed by atoms with Gasteiger partial charge in [0, 0.05) is 31.8 Å².